The van der Waals surface area contributed by atoms with E-state index in [0.29, 0.717) is 30.9 Å². The van der Waals surface area contributed by atoms with Crippen LogP contribution in [-0.4, -0.2) is 13.2 Å². The summed E-state index contributed by atoms with van der Waals surface area (Å²) in [5, 5.41) is 3.38. The van der Waals surface area contributed by atoms with Crippen LogP contribution in [-0.2, 0) is 0 Å². The third-order valence-electron chi connectivity index (χ3n) is 1.86. The summed E-state index contributed by atoms with van der Waals surface area (Å²) in [7, 11) is 0. The number of halogens is 1. The Balaban J connectivity index is 2.37. The molecule has 0 radical (unpaired) electrons. The molecule has 1 aromatic rings. The first-order valence-electron chi connectivity index (χ1n) is 4.64. The van der Waals surface area contributed by atoms with Crippen molar-refractivity contribution in [1.82, 2.24) is 0 Å². The van der Waals surface area contributed by atoms with Gasteiger partial charge in [-0.25, -0.2) is 4.39 Å². The van der Waals surface area contributed by atoms with Gasteiger partial charge in [0, 0.05) is 11.5 Å². The molecule has 5 heteroatoms. The van der Waals surface area contributed by atoms with E-state index in [1.54, 1.807) is 19.1 Å². The second-order valence-electron chi connectivity index (χ2n) is 3.07. The van der Waals surface area contributed by atoms with Gasteiger partial charge in [0.25, 0.3) is 0 Å². The Kier molecular flexibility index (Phi) is 4.44. The van der Waals surface area contributed by atoms with E-state index in [0.717, 1.165) is 0 Å². The van der Waals surface area contributed by atoms with Crippen LogP contribution in [0.1, 0.15) is 12.0 Å². The molecule has 0 N–H and O–H groups in total. The predicted octanol–water partition coefficient (Wildman–Crippen LogP) is 3.21. The lowest BCUT2D eigenvalue weighted by atomic mass is 10.2. The Bertz CT molecular complexity index is 375. The molecule has 1 aromatic carbocycles. The minimum Gasteiger partial charge on any atom is -0.494 e. The molecule has 0 atom stereocenters. The summed E-state index contributed by atoms with van der Waals surface area (Å²) in [4.78, 5) is 2.63. The molecular weight excluding hydrogens is 197 g/mol. The molecule has 0 heterocycles. The standard InChI is InChI=1S/C10H12FN3O/c1-8-7-9(3-4-10(8)11)15-6-2-5-13-14-12/h3-4,7H,2,5-6H2,1H3. The van der Waals surface area contributed by atoms with Gasteiger partial charge in [0.2, 0.25) is 0 Å². The number of benzene rings is 1. The highest BCUT2D eigenvalue weighted by Crippen LogP contribution is 2.15. The zero-order chi connectivity index (χ0) is 11.1. The quantitative estimate of drug-likeness (QED) is 0.318. The number of ether oxygens (including phenoxy) is 1. The molecule has 0 aromatic heterocycles. The first-order valence-corrected chi connectivity index (χ1v) is 4.64. The molecule has 0 aliphatic rings. The first-order chi connectivity index (χ1) is 7.24. The molecule has 0 amide bonds. The van der Waals surface area contributed by atoms with Crippen LogP contribution >= 0.6 is 0 Å². The van der Waals surface area contributed by atoms with Gasteiger partial charge in [0.1, 0.15) is 11.6 Å². The maximum atomic E-state index is 12.9. The lowest BCUT2D eigenvalue weighted by Crippen LogP contribution is -1.99. The van der Waals surface area contributed by atoms with Gasteiger partial charge in [-0.1, -0.05) is 5.11 Å². The van der Waals surface area contributed by atoms with Crippen LogP contribution in [0.5, 0.6) is 5.75 Å². The Morgan fingerprint density at radius 1 is 1.53 bits per heavy atom. The smallest absolute Gasteiger partial charge is 0.126 e. The van der Waals surface area contributed by atoms with Crippen LogP contribution in [0.15, 0.2) is 23.3 Å². The molecule has 15 heavy (non-hydrogen) atoms. The van der Waals surface area contributed by atoms with Crippen molar-refractivity contribution in [3.63, 3.8) is 0 Å². The number of azide groups is 1. The molecule has 0 aliphatic heterocycles. The van der Waals surface area contributed by atoms with Crippen molar-refractivity contribution in [2.24, 2.45) is 5.11 Å². The normalized spacial score (nSPS) is 9.47. The van der Waals surface area contributed by atoms with E-state index in [9.17, 15) is 4.39 Å². The number of nitrogens with zero attached hydrogens (tertiary/aromatic N) is 3. The molecule has 80 valence electrons. The first kappa shape index (κ1) is 11.3. The number of rotatable bonds is 5. The third kappa shape index (κ3) is 3.87. The van der Waals surface area contributed by atoms with Crippen molar-refractivity contribution in [3.8, 4) is 5.75 Å². The van der Waals surface area contributed by atoms with Crippen LogP contribution in [0.3, 0.4) is 0 Å². The van der Waals surface area contributed by atoms with Crippen LogP contribution in [0, 0.1) is 12.7 Å². The summed E-state index contributed by atoms with van der Waals surface area (Å²) in [5.41, 5.74) is 8.58. The van der Waals surface area contributed by atoms with Crippen molar-refractivity contribution in [3.05, 3.63) is 40.0 Å². The average molecular weight is 209 g/mol. The number of hydrogen-bond donors (Lipinski definition) is 0. The van der Waals surface area contributed by atoms with E-state index in [1.807, 2.05) is 0 Å². The predicted molar refractivity (Wildman–Crippen MR) is 55.3 cm³/mol. The molecule has 0 fully saturated rings. The molecule has 1 rings (SSSR count). The fourth-order valence-electron chi connectivity index (χ4n) is 1.08. The van der Waals surface area contributed by atoms with Crippen molar-refractivity contribution in [1.29, 1.82) is 0 Å². The highest BCUT2D eigenvalue weighted by Gasteiger charge is 1.99. The highest BCUT2D eigenvalue weighted by molar-refractivity contribution is 5.28. The van der Waals surface area contributed by atoms with E-state index in [-0.39, 0.29) is 5.82 Å². The largest absolute Gasteiger partial charge is 0.494 e. The Morgan fingerprint density at radius 2 is 2.33 bits per heavy atom. The van der Waals surface area contributed by atoms with E-state index in [2.05, 4.69) is 10.0 Å². The number of hydrogen-bond acceptors (Lipinski definition) is 2. The van der Waals surface area contributed by atoms with Crippen molar-refractivity contribution >= 4 is 0 Å². The van der Waals surface area contributed by atoms with Crippen LogP contribution in [0.2, 0.25) is 0 Å². The molecular formula is C10H12FN3O. The molecule has 0 unspecified atom stereocenters. The van der Waals surface area contributed by atoms with Gasteiger partial charge >= 0.3 is 0 Å². The van der Waals surface area contributed by atoms with Crippen LogP contribution < -0.4 is 4.74 Å². The lowest BCUT2D eigenvalue weighted by molar-refractivity contribution is 0.312. The summed E-state index contributed by atoms with van der Waals surface area (Å²) in [6.45, 7) is 2.56. The average Bonchev–Trinajstić information content (AvgIpc) is 2.23. The molecule has 0 aliphatic carbocycles. The van der Waals surface area contributed by atoms with Gasteiger partial charge in [-0.3, -0.25) is 0 Å². The maximum absolute atomic E-state index is 12.9. The van der Waals surface area contributed by atoms with Gasteiger partial charge < -0.3 is 4.74 Å². The van der Waals surface area contributed by atoms with Crippen molar-refractivity contribution < 1.29 is 9.13 Å². The third-order valence-corrected chi connectivity index (χ3v) is 1.86. The topological polar surface area (TPSA) is 58.0 Å². The Hall–Kier alpha value is -1.74. The summed E-state index contributed by atoms with van der Waals surface area (Å²) < 4.78 is 18.2. The minimum atomic E-state index is -0.239. The zero-order valence-electron chi connectivity index (χ0n) is 8.48. The van der Waals surface area contributed by atoms with Crippen molar-refractivity contribution in [2.75, 3.05) is 13.2 Å². The fourth-order valence-corrected chi connectivity index (χ4v) is 1.08. The lowest BCUT2D eigenvalue weighted by Gasteiger charge is -2.05. The van der Waals surface area contributed by atoms with Crippen LogP contribution in [0.25, 0.3) is 10.4 Å². The summed E-state index contributed by atoms with van der Waals surface area (Å²) in [5.74, 6) is 0.395. The van der Waals surface area contributed by atoms with E-state index in [4.69, 9.17) is 10.3 Å². The molecule has 0 spiro atoms. The molecule has 0 saturated carbocycles. The molecule has 4 nitrogen and oxygen atoms in total. The SMILES string of the molecule is Cc1cc(OCCCN=[N+]=[N-])ccc1F. The molecule has 0 bridgehead atoms. The highest BCUT2D eigenvalue weighted by atomic mass is 19.1. The summed E-state index contributed by atoms with van der Waals surface area (Å²) in [6, 6.07) is 4.59. The fraction of sp³-hybridized carbons (Fsp3) is 0.400. The van der Waals surface area contributed by atoms with E-state index in [1.165, 1.54) is 6.07 Å². The van der Waals surface area contributed by atoms with Crippen molar-refractivity contribution in [2.45, 2.75) is 13.3 Å². The number of aryl methyl sites for hydroxylation is 1. The molecule has 0 saturated heterocycles. The van der Waals surface area contributed by atoms with Gasteiger partial charge in [-0.05, 0) is 42.6 Å². The maximum Gasteiger partial charge on any atom is 0.126 e. The Morgan fingerprint density at radius 3 is 3.00 bits per heavy atom. The summed E-state index contributed by atoms with van der Waals surface area (Å²) >= 11 is 0. The second kappa shape index (κ2) is 5.88. The zero-order valence-corrected chi connectivity index (χ0v) is 8.48. The Labute approximate surface area is 87.3 Å². The summed E-state index contributed by atoms with van der Waals surface area (Å²) in [6.07, 6.45) is 0.653. The second-order valence-corrected chi connectivity index (χ2v) is 3.07. The van der Waals surface area contributed by atoms with Crippen LogP contribution in [0.4, 0.5) is 4.39 Å². The minimum absolute atomic E-state index is 0.239. The van der Waals surface area contributed by atoms with Gasteiger partial charge in [-0.2, -0.15) is 0 Å². The van der Waals surface area contributed by atoms with Gasteiger partial charge in [0.05, 0.1) is 6.61 Å². The monoisotopic (exact) mass is 209 g/mol. The van der Waals surface area contributed by atoms with E-state index < -0.39 is 0 Å². The van der Waals surface area contributed by atoms with Gasteiger partial charge in [-0.15, -0.1) is 0 Å². The van der Waals surface area contributed by atoms with Gasteiger partial charge in [0.15, 0.2) is 0 Å². The van der Waals surface area contributed by atoms with E-state index >= 15 is 0 Å².